The fourth-order valence-corrected chi connectivity index (χ4v) is 3.99. The Morgan fingerprint density at radius 2 is 2.09 bits per heavy atom. The zero-order chi connectivity index (χ0) is 15.9. The summed E-state index contributed by atoms with van der Waals surface area (Å²) in [6, 6.07) is 0.200. The molecule has 0 aromatic carbocycles. The van der Waals surface area contributed by atoms with Crippen LogP contribution in [0.3, 0.4) is 0 Å². The largest absolute Gasteiger partial charge is 0.368 e. The smallest absolute Gasteiger partial charge is 0.265 e. The van der Waals surface area contributed by atoms with E-state index in [0.29, 0.717) is 34.8 Å². The average Bonchev–Trinajstić information content (AvgIpc) is 3.01. The Morgan fingerprint density at radius 3 is 2.59 bits per heavy atom. The Morgan fingerprint density at radius 1 is 1.41 bits per heavy atom. The fraction of sp³-hybridized carbons (Fsp3) is 0.500. The van der Waals surface area contributed by atoms with E-state index < -0.39 is 0 Å². The lowest BCUT2D eigenvalue weighted by Crippen LogP contribution is -2.39. The average molecular weight is 340 g/mol. The molecule has 1 fully saturated rings. The number of halogens is 1. The van der Waals surface area contributed by atoms with Gasteiger partial charge in [-0.1, -0.05) is 11.6 Å². The zero-order valence-electron chi connectivity index (χ0n) is 12.5. The lowest BCUT2D eigenvalue weighted by Gasteiger charge is -2.32. The molecule has 0 radical (unpaired) electrons. The Labute approximate surface area is 137 Å². The Balaban J connectivity index is 1.68. The minimum absolute atomic E-state index is 0.0179. The first kappa shape index (κ1) is 15.3. The van der Waals surface area contributed by atoms with Gasteiger partial charge in [-0.2, -0.15) is 10.1 Å². The molecule has 1 aliphatic rings. The summed E-state index contributed by atoms with van der Waals surface area (Å²) in [5.74, 6) is 1.14. The highest BCUT2D eigenvalue weighted by molar-refractivity contribution is 7.13. The van der Waals surface area contributed by atoms with Crippen LogP contribution in [0.15, 0.2) is 5.38 Å². The minimum Gasteiger partial charge on any atom is -0.368 e. The van der Waals surface area contributed by atoms with Gasteiger partial charge < -0.3 is 10.6 Å². The number of hydrogen-bond donors (Lipinski definition) is 1. The number of hydrogen-bond acceptors (Lipinski definition) is 5. The molecule has 0 saturated carbocycles. The molecule has 0 spiro atoms. The van der Waals surface area contributed by atoms with Crippen LogP contribution in [0, 0.1) is 13.8 Å². The van der Waals surface area contributed by atoms with E-state index in [-0.39, 0.29) is 11.9 Å². The van der Waals surface area contributed by atoms with Crippen molar-refractivity contribution in [3.63, 3.8) is 0 Å². The van der Waals surface area contributed by atoms with E-state index in [4.69, 9.17) is 17.3 Å². The number of carbonyl (C=O) groups is 1. The molecule has 2 aromatic heterocycles. The van der Waals surface area contributed by atoms with Crippen molar-refractivity contribution < 1.29 is 4.79 Å². The van der Waals surface area contributed by atoms with Crippen LogP contribution in [0.1, 0.15) is 39.9 Å². The van der Waals surface area contributed by atoms with Gasteiger partial charge in [-0.25, -0.2) is 4.68 Å². The summed E-state index contributed by atoms with van der Waals surface area (Å²) in [6.07, 6.45) is 1.64. The first-order valence-corrected chi connectivity index (χ1v) is 8.44. The van der Waals surface area contributed by atoms with Crippen molar-refractivity contribution in [2.45, 2.75) is 32.7 Å². The minimum atomic E-state index is 0.0179. The van der Waals surface area contributed by atoms with Crippen LogP contribution in [0.4, 0.5) is 5.95 Å². The van der Waals surface area contributed by atoms with E-state index in [9.17, 15) is 4.79 Å². The second-order valence-corrected chi connectivity index (χ2v) is 6.80. The number of nitrogens with zero attached hydrogens (tertiary/aromatic N) is 4. The molecular weight excluding hydrogens is 322 g/mol. The number of amides is 1. The highest BCUT2D eigenvalue weighted by Crippen LogP contribution is 2.30. The van der Waals surface area contributed by atoms with Gasteiger partial charge in [-0.05, 0) is 37.6 Å². The van der Waals surface area contributed by atoms with E-state index in [1.165, 1.54) is 11.3 Å². The van der Waals surface area contributed by atoms with Crippen molar-refractivity contribution >= 4 is 34.8 Å². The van der Waals surface area contributed by atoms with Gasteiger partial charge in [0.25, 0.3) is 5.91 Å². The Hall–Kier alpha value is -1.60. The molecule has 118 valence electrons. The molecule has 2 N–H and O–H groups in total. The molecule has 3 heterocycles. The third-order valence-electron chi connectivity index (χ3n) is 3.95. The standard InChI is InChI=1S/C14H18ClN5OS/c1-8-7-22-12(11(8)15)13(21)19-5-3-10(4-6-19)20-14(16)17-9(2)18-20/h7,10H,3-6H2,1-2H3,(H2,16,17,18). The Bertz CT molecular complexity index is 702. The molecule has 1 amide bonds. The van der Waals surface area contributed by atoms with E-state index in [1.807, 2.05) is 24.1 Å². The first-order chi connectivity index (χ1) is 10.5. The van der Waals surface area contributed by atoms with Crippen molar-refractivity contribution in [1.29, 1.82) is 0 Å². The summed E-state index contributed by atoms with van der Waals surface area (Å²) >= 11 is 7.61. The van der Waals surface area contributed by atoms with Gasteiger partial charge in [0.15, 0.2) is 0 Å². The number of anilines is 1. The van der Waals surface area contributed by atoms with Crippen LogP contribution < -0.4 is 5.73 Å². The molecule has 8 heteroatoms. The maximum atomic E-state index is 12.5. The molecule has 22 heavy (non-hydrogen) atoms. The summed E-state index contributed by atoms with van der Waals surface area (Å²) in [6.45, 7) is 5.09. The van der Waals surface area contributed by atoms with Gasteiger partial charge in [0.1, 0.15) is 10.7 Å². The topological polar surface area (TPSA) is 77.0 Å². The van der Waals surface area contributed by atoms with Crippen LogP contribution in [0.5, 0.6) is 0 Å². The van der Waals surface area contributed by atoms with Gasteiger partial charge in [0.2, 0.25) is 5.95 Å². The van der Waals surface area contributed by atoms with Crippen LogP contribution in [0.25, 0.3) is 0 Å². The quantitative estimate of drug-likeness (QED) is 0.912. The number of piperidine rings is 1. The zero-order valence-corrected chi connectivity index (χ0v) is 14.1. The molecule has 3 rings (SSSR count). The highest BCUT2D eigenvalue weighted by Gasteiger charge is 2.28. The molecular formula is C14H18ClN5OS. The van der Waals surface area contributed by atoms with Gasteiger partial charge in [0, 0.05) is 13.1 Å². The van der Waals surface area contributed by atoms with Crippen LogP contribution in [-0.2, 0) is 0 Å². The third kappa shape index (κ3) is 2.70. The number of aromatic nitrogens is 3. The first-order valence-electron chi connectivity index (χ1n) is 7.19. The van der Waals surface area contributed by atoms with Gasteiger partial charge in [-0.15, -0.1) is 11.3 Å². The predicted octanol–water partition coefficient (Wildman–Crippen LogP) is 2.67. The van der Waals surface area contributed by atoms with Gasteiger partial charge >= 0.3 is 0 Å². The maximum Gasteiger partial charge on any atom is 0.265 e. The summed E-state index contributed by atoms with van der Waals surface area (Å²) in [5.41, 5.74) is 6.83. The lowest BCUT2D eigenvalue weighted by molar-refractivity contribution is 0.0696. The molecule has 0 aliphatic carbocycles. The van der Waals surface area contributed by atoms with E-state index >= 15 is 0 Å². The van der Waals surface area contributed by atoms with Gasteiger partial charge in [-0.3, -0.25) is 4.79 Å². The van der Waals surface area contributed by atoms with Gasteiger partial charge in [0.05, 0.1) is 11.1 Å². The van der Waals surface area contributed by atoms with Crippen molar-refractivity contribution in [3.05, 3.63) is 26.7 Å². The van der Waals surface area contributed by atoms with E-state index in [0.717, 1.165) is 18.4 Å². The van der Waals surface area contributed by atoms with Crippen molar-refractivity contribution in [2.75, 3.05) is 18.8 Å². The van der Waals surface area contributed by atoms with Crippen molar-refractivity contribution in [2.24, 2.45) is 0 Å². The number of nitrogens with two attached hydrogens (primary N) is 1. The molecule has 1 aliphatic heterocycles. The predicted molar refractivity (Wildman–Crippen MR) is 87.4 cm³/mol. The SMILES string of the molecule is Cc1nc(N)n(C2CCN(C(=O)c3scc(C)c3Cl)CC2)n1. The molecule has 2 aromatic rings. The molecule has 0 unspecified atom stereocenters. The molecule has 6 nitrogen and oxygen atoms in total. The number of rotatable bonds is 2. The summed E-state index contributed by atoms with van der Waals surface area (Å²) in [4.78, 5) is 19.2. The summed E-state index contributed by atoms with van der Waals surface area (Å²) in [7, 11) is 0. The second-order valence-electron chi connectivity index (χ2n) is 5.55. The third-order valence-corrected chi connectivity index (χ3v) is 5.64. The molecule has 1 saturated heterocycles. The number of carbonyl (C=O) groups excluding carboxylic acids is 1. The maximum absolute atomic E-state index is 12.5. The van der Waals surface area contributed by atoms with Crippen LogP contribution in [0.2, 0.25) is 5.02 Å². The molecule has 0 atom stereocenters. The highest BCUT2D eigenvalue weighted by atomic mass is 35.5. The lowest BCUT2D eigenvalue weighted by atomic mass is 10.1. The van der Waals surface area contributed by atoms with E-state index in [2.05, 4.69) is 10.1 Å². The number of nitrogen functional groups attached to an aromatic ring is 1. The summed E-state index contributed by atoms with van der Waals surface area (Å²) < 4.78 is 1.78. The number of likely N-dealkylation sites (tertiary alicyclic amines) is 1. The Kier molecular flexibility index (Phi) is 4.10. The van der Waals surface area contributed by atoms with E-state index in [1.54, 1.807) is 4.68 Å². The monoisotopic (exact) mass is 339 g/mol. The summed E-state index contributed by atoms with van der Waals surface area (Å²) in [5, 5.41) is 6.83. The van der Waals surface area contributed by atoms with Crippen molar-refractivity contribution in [1.82, 2.24) is 19.7 Å². The normalized spacial score (nSPS) is 16.2. The van der Waals surface area contributed by atoms with Crippen LogP contribution >= 0.6 is 22.9 Å². The molecule has 0 bridgehead atoms. The second kappa shape index (κ2) is 5.89. The van der Waals surface area contributed by atoms with Crippen molar-refractivity contribution in [3.8, 4) is 0 Å². The fourth-order valence-electron chi connectivity index (χ4n) is 2.75. The number of thiophene rings is 1. The number of aryl methyl sites for hydroxylation is 2. The van der Waals surface area contributed by atoms with Crippen LogP contribution in [-0.4, -0.2) is 38.7 Å².